The average molecular weight is 311 g/mol. The quantitative estimate of drug-likeness (QED) is 0.698. The van der Waals surface area contributed by atoms with Crippen LogP contribution in [0.4, 0.5) is 0 Å². The second kappa shape index (κ2) is 8.15. The fraction of sp³-hybridized carbons (Fsp3) is 1.00. The van der Waals surface area contributed by atoms with Crippen LogP contribution in [0.2, 0.25) is 0 Å². The molecule has 0 heterocycles. The van der Waals surface area contributed by atoms with Crippen LogP contribution in [0.5, 0.6) is 0 Å². The van der Waals surface area contributed by atoms with Crippen molar-refractivity contribution in [2.45, 2.75) is 78.4 Å². The highest BCUT2D eigenvalue weighted by molar-refractivity contribution is 4.94. The van der Waals surface area contributed by atoms with Crippen molar-refractivity contribution in [2.24, 2.45) is 35.5 Å². The van der Waals surface area contributed by atoms with Crippen LogP contribution < -0.4 is 0 Å². The zero-order chi connectivity index (χ0) is 16.3. The highest BCUT2D eigenvalue weighted by Crippen LogP contribution is 2.46. The van der Waals surface area contributed by atoms with E-state index in [1.165, 1.54) is 38.5 Å². The molecule has 0 aromatic carbocycles. The Labute approximate surface area is 138 Å². The lowest BCUT2D eigenvalue weighted by molar-refractivity contribution is -0.104. The molecule has 2 heteroatoms. The summed E-state index contributed by atoms with van der Waals surface area (Å²) in [5, 5.41) is 0. The second-order valence-electron chi connectivity index (χ2n) is 8.69. The molecule has 0 saturated heterocycles. The second-order valence-corrected chi connectivity index (χ2v) is 8.69. The van der Waals surface area contributed by atoms with Crippen LogP contribution in [-0.4, -0.2) is 26.4 Å². The predicted octanol–water partition coefficient (Wildman–Crippen LogP) is 5.16. The summed E-state index contributed by atoms with van der Waals surface area (Å²) in [4.78, 5) is 0. The first-order valence-corrected chi connectivity index (χ1v) is 9.51. The van der Waals surface area contributed by atoms with Gasteiger partial charge >= 0.3 is 0 Å². The van der Waals surface area contributed by atoms with Crippen LogP contribution >= 0.6 is 0 Å². The van der Waals surface area contributed by atoms with Crippen LogP contribution in [0.1, 0.15) is 66.2 Å². The monoisotopic (exact) mass is 310 g/mol. The van der Waals surface area contributed by atoms with E-state index >= 15 is 0 Å². The molecule has 130 valence electrons. The summed E-state index contributed by atoms with van der Waals surface area (Å²) in [6.07, 6.45) is 8.74. The topological polar surface area (TPSA) is 18.5 Å². The van der Waals surface area contributed by atoms with Gasteiger partial charge in [-0.2, -0.15) is 0 Å². The number of ether oxygens (including phenoxy) is 2. The number of rotatable bonds is 5. The Morgan fingerprint density at radius 2 is 1.55 bits per heavy atom. The van der Waals surface area contributed by atoms with Crippen LogP contribution in [0.15, 0.2) is 0 Å². The van der Waals surface area contributed by atoms with E-state index in [-0.39, 0.29) is 0 Å². The normalized spacial score (nSPS) is 43.5. The Morgan fingerprint density at radius 1 is 0.864 bits per heavy atom. The van der Waals surface area contributed by atoms with Crippen LogP contribution in [-0.2, 0) is 9.47 Å². The molecule has 0 aliphatic heterocycles. The van der Waals surface area contributed by atoms with E-state index in [0.717, 1.165) is 23.7 Å². The van der Waals surface area contributed by atoms with Crippen molar-refractivity contribution in [3.8, 4) is 0 Å². The van der Waals surface area contributed by atoms with E-state index < -0.39 is 0 Å². The van der Waals surface area contributed by atoms with Gasteiger partial charge < -0.3 is 9.47 Å². The average Bonchev–Trinajstić information content (AvgIpc) is 2.46. The molecule has 7 unspecified atom stereocenters. The first-order chi connectivity index (χ1) is 10.5. The summed E-state index contributed by atoms with van der Waals surface area (Å²) in [5.41, 5.74) is 0. The van der Waals surface area contributed by atoms with Crippen LogP contribution in [0.25, 0.3) is 0 Å². The maximum Gasteiger partial charge on any atom is 0.0631 e. The molecule has 0 amide bonds. The molecule has 0 bridgehead atoms. The maximum atomic E-state index is 6.09. The van der Waals surface area contributed by atoms with E-state index in [2.05, 4.69) is 27.7 Å². The van der Waals surface area contributed by atoms with Gasteiger partial charge in [0.1, 0.15) is 0 Å². The van der Waals surface area contributed by atoms with Crippen LogP contribution in [0.3, 0.4) is 0 Å². The summed E-state index contributed by atoms with van der Waals surface area (Å²) in [7, 11) is 3.85. The minimum Gasteiger partial charge on any atom is -0.381 e. The minimum absolute atomic E-state index is 0.437. The number of hydrogen-bond donors (Lipinski definition) is 0. The van der Waals surface area contributed by atoms with Gasteiger partial charge in [0.2, 0.25) is 0 Å². The Balaban J connectivity index is 2.17. The predicted molar refractivity (Wildman–Crippen MR) is 92.9 cm³/mol. The van der Waals surface area contributed by atoms with E-state index in [4.69, 9.17) is 9.47 Å². The van der Waals surface area contributed by atoms with Crippen molar-refractivity contribution in [1.29, 1.82) is 0 Å². The lowest BCUT2D eigenvalue weighted by Crippen LogP contribution is -2.47. The first kappa shape index (κ1) is 18.3. The Morgan fingerprint density at radius 3 is 2.14 bits per heavy atom. The summed E-state index contributed by atoms with van der Waals surface area (Å²) in [5.74, 6) is 4.54. The van der Waals surface area contributed by atoms with Gasteiger partial charge in [0.05, 0.1) is 12.2 Å². The molecule has 0 radical (unpaired) electrons. The lowest BCUT2D eigenvalue weighted by atomic mass is 9.62. The SMILES string of the molecule is COC1CCC(C)CC1C1CC(C)CC(CC(C)C)C1OC. The molecular weight excluding hydrogens is 272 g/mol. The van der Waals surface area contributed by atoms with Gasteiger partial charge in [-0.25, -0.2) is 0 Å². The fourth-order valence-corrected chi connectivity index (χ4v) is 5.46. The molecule has 2 aliphatic carbocycles. The van der Waals surface area contributed by atoms with Gasteiger partial charge in [-0.1, -0.05) is 27.7 Å². The van der Waals surface area contributed by atoms with E-state index in [1.807, 2.05) is 14.2 Å². The summed E-state index contributed by atoms with van der Waals surface area (Å²) in [6.45, 7) is 9.56. The Hall–Kier alpha value is -0.0800. The lowest BCUT2D eigenvalue weighted by Gasteiger charge is -2.48. The van der Waals surface area contributed by atoms with E-state index in [0.29, 0.717) is 24.0 Å². The summed E-state index contributed by atoms with van der Waals surface area (Å²) in [6, 6.07) is 0. The summed E-state index contributed by atoms with van der Waals surface area (Å²) < 4.78 is 12.0. The number of hydrogen-bond acceptors (Lipinski definition) is 2. The van der Waals surface area contributed by atoms with Crippen molar-refractivity contribution in [3.63, 3.8) is 0 Å². The Bertz CT molecular complexity index is 326. The summed E-state index contributed by atoms with van der Waals surface area (Å²) >= 11 is 0. The molecule has 2 fully saturated rings. The molecule has 0 aromatic rings. The molecule has 7 atom stereocenters. The van der Waals surface area contributed by atoms with Crippen molar-refractivity contribution in [3.05, 3.63) is 0 Å². The number of methoxy groups -OCH3 is 2. The molecule has 0 spiro atoms. The van der Waals surface area contributed by atoms with Crippen molar-refractivity contribution in [1.82, 2.24) is 0 Å². The van der Waals surface area contributed by atoms with Gasteiger partial charge in [0.25, 0.3) is 0 Å². The standard InChI is InChI=1S/C20H38O2/c1-13(2)9-16-10-15(4)12-18(20(16)22-6)17-11-14(3)7-8-19(17)21-5/h13-20H,7-12H2,1-6H3. The van der Waals surface area contributed by atoms with Gasteiger partial charge in [0, 0.05) is 14.2 Å². The van der Waals surface area contributed by atoms with Crippen molar-refractivity contribution in [2.75, 3.05) is 14.2 Å². The third-order valence-electron chi connectivity index (χ3n) is 6.26. The molecule has 2 nitrogen and oxygen atoms in total. The van der Waals surface area contributed by atoms with Gasteiger partial charge in [0.15, 0.2) is 0 Å². The van der Waals surface area contributed by atoms with E-state index in [9.17, 15) is 0 Å². The zero-order valence-electron chi connectivity index (χ0n) is 15.7. The Kier molecular flexibility index (Phi) is 6.76. The van der Waals surface area contributed by atoms with Gasteiger partial charge in [-0.3, -0.25) is 0 Å². The van der Waals surface area contributed by atoms with Crippen molar-refractivity contribution >= 4 is 0 Å². The molecule has 0 aromatic heterocycles. The largest absolute Gasteiger partial charge is 0.381 e. The molecular formula is C20H38O2. The van der Waals surface area contributed by atoms with Crippen LogP contribution in [0, 0.1) is 35.5 Å². The molecule has 2 rings (SSSR count). The van der Waals surface area contributed by atoms with Gasteiger partial charge in [-0.05, 0) is 74.0 Å². The first-order valence-electron chi connectivity index (χ1n) is 9.51. The van der Waals surface area contributed by atoms with Gasteiger partial charge in [-0.15, -0.1) is 0 Å². The third-order valence-corrected chi connectivity index (χ3v) is 6.26. The molecule has 0 N–H and O–H groups in total. The molecule has 2 saturated carbocycles. The highest BCUT2D eigenvalue weighted by Gasteiger charge is 2.44. The molecule has 22 heavy (non-hydrogen) atoms. The van der Waals surface area contributed by atoms with E-state index in [1.54, 1.807) is 0 Å². The van der Waals surface area contributed by atoms with Crippen molar-refractivity contribution < 1.29 is 9.47 Å². The maximum absolute atomic E-state index is 6.09. The zero-order valence-corrected chi connectivity index (χ0v) is 15.7. The smallest absolute Gasteiger partial charge is 0.0631 e. The third kappa shape index (κ3) is 4.26. The minimum atomic E-state index is 0.437. The fourth-order valence-electron chi connectivity index (χ4n) is 5.46. The molecule has 2 aliphatic rings. The highest BCUT2D eigenvalue weighted by atomic mass is 16.5.